The van der Waals surface area contributed by atoms with Gasteiger partial charge in [-0.1, -0.05) is 12.6 Å². The summed E-state index contributed by atoms with van der Waals surface area (Å²) < 4.78 is 32.9. The molecule has 3 N–H and O–H groups in total. The maximum Gasteiger partial charge on any atom is 0.254 e. The van der Waals surface area contributed by atoms with Crippen LogP contribution in [-0.4, -0.2) is 61.3 Å². The Morgan fingerprint density at radius 2 is 2.08 bits per heavy atom. The van der Waals surface area contributed by atoms with Gasteiger partial charge in [-0.15, -0.1) is 0 Å². The Morgan fingerprint density at radius 3 is 2.74 bits per heavy atom. The highest BCUT2D eigenvalue weighted by molar-refractivity contribution is 7.95. The number of amides is 1. The lowest BCUT2D eigenvalue weighted by molar-refractivity contribution is 0.0715. The lowest BCUT2D eigenvalue weighted by Gasteiger charge is -2.30. The van der Waals surface area contributed by atoms with Crippen LogP contribution in [0.2, 0.25) is 0 Å². The number of methoxy groups -OCH3 is 1. The highest BCUT2D eigenvalue weighted by Crippen LogP contribution is 2.27. The molecule has 1 aliphatic heterocycles. The average Bonchev–Trinajstić information content (AvgIpc) is 3.36. The molecule has 1 aliphatic rings. The largest absolute Gasteiger partial charge is 0.494 e. The van der Waals surface area contributed by atoms with E-state index >= 15 is 0 Å². The van der Waals surface area contributed by atoms with Crippen LogP contribution in [-0.2, 0) is 10.0 Å². The number of rotatable bonds is 8. The number of ether oxygens (including phenoxy) is 1. The summed E-state index contributed by atoms with van der Waals surface area (Å²) in [5.74, 6) is 0.323. The van der Waals surface area contributed by atoms with Crippen LogP contribution in [0.3, 0.4) is 0 Å². The summed E-state index contributed by atoms with van der Waals surface area (Å²) in [4.78, 5) is 19.4. The summed E-state index contributed by atoms with van der Waals surface area (Å²) in [5.41, 5.74) is 8.97. The number of fused-ring (bicyclic) bond motifs is 1. The zero-order chi connectivity index (χ0) is 27.3. The SMILES string of the molecule is C=CS(=O)(=O)Nc1cccc(C(=O)N2CCC(N=CC(=CN)c3cc(OC)c4c(C#N)cnn4c3)CC2)c1. The number of nitrogens with zero attached hydrogens (tertiary/aromatic N) is 5. The molecular formula is C26H27N7O4S. The molecule has 4 rings (SSSR count). The summed E-state index contributed by atoms with van der Waals surface area (Å²) in [6.07, 6.45) is 7.71. The zero-order valence-electron chi connectivity index (χ0n) is 20.7. The molecule has 3 aromatic rings. The smallest absolute Gasteiger partial charge is 0.254 e. The number of nitrogens with two attached hydrogens (primary N) is 1. The van der Waals surface area contributed by atoms with Gasteiger partial charge in [0.25, 0.3) is 15.9 Å². The van der Waals surface area contributed by atoms with Crippen LogP contribution in [0.4, 0.5) is 5.69 Å². The molecule has 0 radical (unpaired) electrons. The fourth-order valence-electron chi connectivity index (χ4n) is 4.20. The number of likely N-dealkylation sites (tertiary alicyclic amines) is 1. The van der Waals surface area contributed by atoms with Crippen LogP contribution in [0.5, 0.6) is 5.75 Å². The molecule has 0 atom stereocenters. The van der Waals surface area contributed by atoms with Crippen molar-refractivity contribution in [3.05, 3.63) is 77.6 Å². The first-order chi connectivity index (χ1) is 18.3. The predicted molar refractivity (Wildman–Crippen MR) is 145 cm³/mol. The molecule has 1 fully saturated rings. The number of anilines is 1. The lowest BCUT2D eigenvalue weighted by Crippen LogP contribution is -2.39. The van der Waals surface area contributed by atoms with Crippen molar-refractivity contribution >= 4 is 38.9 Å². The minimum Gasteiger partial charge on any atom is -0.494 e. The molecular weight excluding hydrogens is 506 g/mol. The Bertz CT molecular complexity index is 1580. The quantitative estimate of drug-likeness (QED) is 0.422. The van der Waals surface area contributed by atoms with Gasteiger partial charge in [0.05, 0.1) is 19.3 Å². The van der Waals surface area contributed by atoms with Gasteiger partial charge in [-0.3, -0.25) is 14.5 Å². The van der Waals surface area contributed by atoms with E-state index in [2.05, 4.69) is 22.5 Å². The summed E-state index contributed by atoms with van der Waals surface area (Å²) in [6.45, 7) is 4.29. The minimum atomic E-state index is -3.66. The number of piperidine rings is 1. The van der Waals surface area contributed by atoms with E-state index in [0.717, 1.165) is 11.0 Å². The number of sulfonamides is 1. The second kappa shape index (κ2) is 11.2. The van der Waals surface area contributed by atoms with Crippen molar-refractivity contribution in [2.24, 2.45) is 10.7 Å². The monoisotopic (exact) mass is 533 g/mol. The first-order valence-corrected chi connectivity index (χ1v) is 13.3. The first-order valence-electron chi connectivity index (χ1n) is 11.7. The van der Waals surface area contributed by atoms with Crippen molar-refractivity contribution in [3.63, 3.8) is 0 Å². The van der Waals surface area contributed by atoms with Crippen LogP contribution in [0.25, 0.3) is 11.1 Å². The number of pyridine rings is 1. The Morgan fingerprint density at radius 1 is 1.32 bits per heavy atom. The van der Waals surface area contributed by atoms with E-state index in [0.29, 0.717) is 59.6 Å². The fourth-order valence-corrected chi connectivity index (χ4v) is 4.74. The van der Waals surface area contributed by atoms with Crippen molar-refractivity contribution in [1.82, 2.24) is 14.5 Å². The molecule has 1 amide bonds. The number of hydrogen-bond donors (Lipinski definition) is 2. The molecule has 2 aromatic heterocycles. The van der Waals surface area contributed by atoms with Gasteiger partial charge in [0.2, 0.25) is 0 Å². The Kier molecular flexibility index (Phi) is 7.78. The van der Waals surface area contributed by atoms with Crippen LogP contribution >= 0.6 is 0 Å². The van der Waals surface area contributed by atoms with Crippen LogP contribution in [0.15, 0.2) is 65.9 Å². The molecule has 1 saturated heterocycles. The molecule has 12 heteroatoms. The van der Waals surface area contributed by atoms with E-state index in [9.17, 15) is 18.5 Å². The number of nitrogens with one attached hydrogen (secondary N) is 1. The third-order valence-electron chi connectivity index (χ3n) is 6.20. The van der Waals surface area contributed by atoms with E-state index in [4.69, 9.17) is 15.5 Å². The molecule has 11 nitrogen and oxygen atoms in total. The Balaban J connectivity index is 1.42. The molecule has 1 aromatic carbocycles. The third-order valence-corrected chi connectivity index (χ3v) is 7.15. The van der Waals surface area contributed by atoms with Crippen LogP contribution in [0.1, 0.15) is 34.3 Å². The standard InChI is InChI=1S/C26H27N7O4S/c1-3-38(35,36)31-23-6-4-5-18(11-23)26(34)32-9-7-22(8-10-32)29-15-20(13-27)19-12-24(37-2)25-21(14-28)16-30-33(25)17-19/h3-6,11-13,15-17,22,31H,1,7-10,27H2,2H3. The lowest BCUT2D eigenvalue weighted by atomic mass is 10.0. The Hall–Kier alpha value is -4.63. The number of hydrogen-bond acceptors (Lipinski definition) is 8. The van der Waals surface area contributed by atoms with Crippen LogP contribution in [0, 0.1) is 11.3 Å². The predicted octanol–water partition coefficient (Wildman–Crippen LogP) is 2.77. The van der Waals surface area contributed by atoms with Gasteiger partial charge >= 0.3 is 0 Å². The number of carbonyl (C=O) groups is 1. The van der Waals surface area contributed by atoms with Crippen molar-refractivity contribution in [2.45, 2.75) is 18.9 Å². The minimum absolute atomic E-state index is 0.000238. The molecule has 3 heterocycles. The highest BCUT2D eigenvalue weighted by atomic mass is 32.2. The zero-order valence-corrected chi connectivity index (χ0v) is 21.6. The van der Waals surface area contributed by atoms with Crippen molar-refractivity contribution in [2.75, 3.05) is 24.9 Å². The maximum absolute atomic E-state index is 13.0. The van der Waals surface area contributed by atoms with Crippen molar-refractivity contribution in [3.8, 4) is 11.8 Å². The topological polar surface area (TPSA) is 155 Å². The molecule has 196 valence electrons. The number of aliphatic imine (C=N–C) groups is 1. The molecule has 0 saturated carbocycles. The second-order valence-corrected chi connectivity index (χ2v) is 10.2. The van der Waals surface area contributed by atoms with E-state index in [1.54, 1.807) is 46.1 Å². The van der Waals surface area contributed by atoms with E-state index < -0.39 is 10.0 Å². The van der Waals surface area contributed by atoms with Gasteiger partial charge < -0.3 is 15.4 Å². The van der Waals surface area contributed by atoms with Gasteiger partial charge in [0, 0.05) is 59.5 Å². The summed E-state index contributed by atoms with van der Waals surface area (Å²) in [5, 5.41) is 14.4. The Labute approximate surface area is 220 Å². The van der Waals surface area contributed by atoms with E-state index in [1.807, 2.05) is 0 Å². The molecule has 0 unspecified atom stereocenters. The summed E-state index contributed by atoms with van der Waals surface area (Å²) >= 11 is 0. The van der Waals surface area contributed by atoms with Gasteiger partial charge in [-0.25, -0.2) is 12.9 Å². The van der Waals surface area contributed by atoms with E-state index in [-0.39, 0.29) is 11.9 Å². The van der Waals surface area contributed by atoms with E-state index in [1.165, 1.54) is 25.6 Å². The van der Waals surface area contributed by atoms with Gasteiger partial charge in [-0.2, -0.15) is 10.4 Å². The number of benzene rings is 1. The van der Waals surface area contributed by atoms with Gasteiger partial charge in [0.15, 0.2) is 0 Å². The number of carbonyl (C=O) groups excluding carboxylic acids is 1. The van der Waals surface area contributed by atoms with Gasteiger partial charge in [-0.05, 0) is 37.1 Å². The summed E-state index contributed by atoms with van der Waals surface area (Å²) in [6, 6.07) is 10.3. The van der Waals surface area contributed by atoms with Crippen molar-refractivity contribution in [1.29, 1.82) is 5.26 Å². The maximum atomic E-state index is 13.0. The second-order valence-electron chi connectivity index (χ2n) is 8.58. The molecule has 0 bridgehead atoms. The fraction of sp³-hybridized carbons (Fsp3) is 0.231. The number of nitriles is 1. The third kappa shape index (κ3) is 5.68. The molecule has 0 aliphatic carbocycles. The number of allylic oxidation sites excluding steroid dienone is 1. The van der Waals surface area contributed by atoms with Gasteiger partial charge in [0.1, 0.15) is 22.9 Å². The molecule has 0 spiro atoms. The molecule has 38 heavy (non-hydrogen) atoms. The van der Waals surface area contributed by atoms with Crippen LogP contribution < -0.4 is 15.2 Å². The first kappa shape index (κ1) is 26.4. The highest BCUT2D eigenvalue weighted by Gasteiger charge is 2.23. The number of aromatic nitrogens is 2. The van der Waals surface area contributed by atoms with Crippen molar-refractivity contribution < 1.29 is 17.9 Å². The summed E-state index contributed by atoms with van der Waals surface area (Å²) in [7, 11) is -2.14. The average molecular weight is 534 g/mol. The normalized spacial score (nSPS) is 14.9.